The lowest BCUT2D eigenvalue weighted by Gasteiger charge is -2.15. The summed E-state index contributed by atoms with van der Waals surface area (Å²) < 4.78 is 17.6. The van der Waals surface area contributed by atoms with Crippen LogP contribution in [0, 0.1) is 6.92 Å². The molecule has 0 aliphatic heterocycles. The second-order valence-corrected chi connectivity index (χ2v) is 8.58. The van der Waals surface area contributed by atoms with Gasteiger partial charge in [-0.05, 0) is 50.1 Å². The van der Waals surface area contributed by atoms with Gasteiger partial charge in [0.15, 0.2) is 0 Å². The molecule has 1 heterocycles. The fourth-order valence-corrected chi connectivity index (χ4v) is 4.37. The number of carbonyl (C=O) groups excluding carboxylic acids is 1. The van der Waals surface area contributed by atoms with Gasteiger partial charge in [-0.15, -0.1) is 0 Å². The van der Waals surface area contributed by atoms with Crippen LogP contribution in [0.15, 0.2) is 71.4 Å². The Labute approximate surface area is 210 Å². The van der Waals surface area contributed by atoms with Crippen LogP contribution in [-0.4, -0.2) is 19.6 Å². The van der Waals surface area contributed by atoms with Crippen LogP contribution in [0.1, 0.15) is 30.5 Å². The maximum absolute atomic E-state index is 12.7. The first kappa shape index (κ1) is 24.4. The highest BCUT2D eigenvalue weighted by Crippen LogP contribution is 2.42. The van der Waals surface area contributed by atoms with Crippen molar-refractivity contribution >= 4 is 34.1 Å². The summed E-state index contributed by atoms with van der Waals surface area (Å²) in [6.07, 6.45) is 3.33. The van der Waals surface area contributed by atoms with Gasteiger partial charge in [-0.3, -0.25) is 4.79 Å². The molecule has 0 radical (unpaired) electrons. The molecule has 180 valence electrons. The zero-order valence-corrected chi connectivity index (χ0v) is 21.0. The number of halogens is 1. The van der Waals surface area contributed by atoms with Gasteiger partial charge in [0.05, 0.1) is 20.0 Å². The van der Waals surface area contributed by atoms with Gasteiger partial charge in [0, 0.05) is 45.3 Å². The summed E-state index contributed by atoms with van der Waals surface area (Å²) >= 11 is 6.21. The van der Waals surface area contributed by atoms with E-state index in [0.717, 1.165) is 50.1 Å². The number of fused-ring (bicyclic) bond motifs is 1. The highest BCUT2D eigenvalue weighted by molar-refractivity contribution is 6.31. The van der Waals surface area contributed by atoms with Crippen LogP contribution in [0.25, 0.3) is 27.7 Å². The predicted octanol–water partition coefficient (Wildman–Crippen LogP) is 7.19. The zero-order chi connectivity index (χ0) is 24.9. The Bertz CT molecular complexity index is 1400. The number of methoxy groups -OCH3 is 1. The summed E-state index contributed by atoms with van der Waals surface area (Å²) in [6.45, 7) is 6.65. The Morgan fingerprint density at radius 1 is 1.11 bits per heavy atom. The Morgan fingerprint density at radius 2 is 1.86 bits per heavy atom. The van der Waals surface area contributed by atoms with E-state index >= 15 is 0 Å². The number of nitrogens with one attached hydrogen (secondary N) is 1. The molecule has 1 N–H and O–H groups in total. The number of aryl methyl sites for hydroxylation is 1. The van der Waals surface area contributed by atoms with Crippen molar-refractivity contribution in [3.63, 3.8) is 0 Å². The summed E-state index contributed by atoms with van der Waals surface area (Å²) in [5.41, 5.74) is 5.95. The number of carbonyl (C=O) groups is 1. The molecule has 0 saturated heterocycles. The normalized spacial score (nSPS) is 11.5. The average Bonchev–Trinajstić information content (AvgIpc) is 3.29. The number of para-hydroxylation sites is 1. The molecule has 0 bridgehead atoms. The maximum atomic E-state index is 12.7. The molecule has 0 aliphatic carbocycles. The van der Waals surface area contributed by atoms with E-state index in [1.54, 1.807) is 25.5 Å². The van der Waals surface area contributed by atoms with Crippen LogP contribution in [0.4, 0.5) is 0 Å². The molecule has 5 nitrogen and oxygen atoms in total. The smallest absolute Gasteiger partial charge is 0.244 e. The van der Waals surface area contributed by atoms with Crippen LogP contribution >= 0.6 is 11.6 Å². The third-order valence-electron chi connectivity index (χ3n) is 5.91. The quantitative estimate of drug-likeness (QED) is 0.266. The van der Waals surface area contributed by atoms with Crippen molar-refractivity contribution in [3.8, 4) is 22.6 Å². The lowest BCUT2D eigenvalue weighted by molar-refractivity contribution is -0.116. The minimum absolute atomic E-state index is 0.209. The first-order valence-corrected chi connectivity index (χ1v) is 11.8. The van der Waals surface area contributed by atoms with E-state index in [-0.39, 0.29) is 5.91 Å². The van der Waals surface area contributed by atoms with Gasteiger partial charge in [0.1, 0.15) is 17.1 Å². The van der Waals surface area contributed by atoms with Gasteiger partial charge >= 0.3 is 0 Å². The Hall–Kier alpha value is -3.70. The summed E-state index contributed by atoms with van der Waals surface area (Å²) in [5.74, 6) is 1.25. The molecule has 1 aromatic heterocycles. The standard InChI is InChI=1S/C29H28ClNO4/c1-5-34-28-19(3)29-23(24(17-35-29)21-11-7-9-13-26(21)33-4)15-22(28)18(2)14-27(32)31-16-20-10-6-8-12-25(20)30/h6-15,17H,5,16H2,1-4H3,(H,31,32)/b18-14+. The van der Waals surface area contributed by atoms with Gasteiger partial charge in [0.2, 0.25) is 5.91 Å². The number of benzene rings is 3. The van der Waals surface area contributed by atoms with Gasteiger partial charge in [-0.25, -0.2) is 0 Å². The zero-order valence-electron chi connectivity index (χ0n) is 20.3. The number of allylic oxidation sites excluding steroid dienone is 1. The first-order valence-electron chi connectivity index (χ1n) is 11.5. The van der Waals surface area contributed by atoms with Gasteiger partial charge in [-0.1, -0.05) is 48.0 Å². The Morgan fingerprint density at radius 3 is 2.60 bits per heavy atom. The molecular formula is C29H28ClNO4. The third kappa shape index (κ3) is 5.05. The summed E-state index contributed by atoms with van der Waals surface area (Å²) in [4.78, 5) is 12.7. The SMILES string of the molecule is CCOc1c(/C(C)=C/C(=O)NCc2ccccc2Cl)cc2c(-c3ccccc3OC)coc2c1C. The number of ether oxygens (including phenoxy) is 2. The Kier molecular flexibility index (Phi) is 7.47. The second kappa shape index (κ2) is 10.7. The molecule has 35 heavy (non-hydrogen) atoms. The van der Waals surface area contributed by atoms with Gasteiger partial charge < -0.3 is 19.2 Å². The van der Waals surface area contributed by atoms with Gasteiger partial charge in [0.25, 0.3) is 0 Å². The molecule has 0 atom stereocenters. The van der Waals surface area contributed by atoms with Crippen molar-refractivity contribution in [2.75, 3.05) is 13.7 Å². The lowest BCUT2D eigenvalue weighted by Crippen LogP contribution is -2.20. The van der Waals surface area contributed by atoms with E-state index in [4.69, 9.17) is 25.5 Å². The number of rotatable bonds is 8. The third-order valence-corrected chi connectivity index (χ3v) is 6.28. The monoisotopic (exact) mass is 489 g/mol. The number of hydrogen-bond donors (Lipinski definition) is 1. The average molecular weight is 490 g/mol. The molecule has 0 saturated carbocycles. The predicted molar refractivity (Wildman–Crippen MR) is 141 cm³/mol. The number of hydrogen-bond acceptors (Lipinski definition) is 4. The van der Waals surface area contributed by atoms with Crippen molar-refractivity contribution in [2.45, 2.75) is 27.3 Å². The molecule has 4 rings (SSSR count). The van der Waals surface area contributed by atoms with Crippen molar-refractivity contribution in [1.29, 1.82) is 0 Å². The summed E-state index contributed by atoms with van der Waals surface area (Å²) in [5, 5.41) is 4.46. The van der Waals surface area contributed by atoms with Crippen LogP contribution in [0.2, 0.25) is 5.02 Å². The minimum atomic E-state index is -0.209. The van der Waals surface area contributed by atoms with Crippen molar-refractivity contribution in [3.05, 3.63) is 88.6 Å². The molecule has 0 aliphatic rings. The van der Waals surface area contributed by atoms with Crippen molar-refractivity contribution in [2.24, 2.45) is 0 Å². The summed E-state index contributed by atoms with van der Waals surface area (Å²) in [6, 6.07) is 17.3. The highest BCUT2D eigenvalue weighted by Gasteiger charge is 2.20. The van der Waals surface area contributed by atoms with Crippen molar-refractivity contribution in [1.82, 2.24) is 5.32 Å². The van der Waals surface area contributed by atoms with Gasteiger partial charge in [-0.2, -0.15) is 0 Å². The lowest BCUT2D eigenvalue weighted by atomic mass is 9.96. The highest BCUT2D eigenvalue weighted by atomic mass is 35.5. The van der Waals surface area contributed by atoms with E-state index < -0.39 is 0 Å². The number of amides is 1. The maximum Gasteiger partial charge on any atom is 0.244 e. The minimum Gasteiger partial charge on any atom is -0.496 e. The fraction of sp³-hybridized carbons (Fsp3) is 0.207. The second-order valence-electron chi connectivity index (χ2n) is 8.17. The molecule has 6 heteroatoms. The van der Waals surface area contributed by atoms with Crippen LogP contribution < -0.4 is 14.8 Å². The first-order chi connectivity index (χ1) is 16.9. The van der Waals surface area contributed by atoms with E-state index in [2.05, 4.69) is 5.32 Å². The molecule has 0 spiro atoms. The van der Waals surface area contributed by atoms with Crippen LogP contribution in [0.5, 0.6) is 11.5 Å². The summed E-state index contributed by atoms with van der Waals surface area (Å²) in [7, 11) is 1.65. The largest absolute Gasteiger partial charge is 0.496 e. The van der Waals surface area contributed by atoms with E-state index in [0.29, 0.717) is 23.9 Å². The van der Waals surface area contributed by atoms with Crippen LogP contribution in [0.3, 0.4) is 0 Å². The number of furan rings is 1. The molecule has 4 aromatic rings. The molecule has 3 aromatic carbocycles. The van der Waals surface area contributed by atoms with Crippen molar-refractivity contribution < 1.29 is 18.7 Å². The topological polar surface area (TPSA) is 60.7 Å². The van der Waals surface area contributed by atoms with E-state index in [9.17, 15) is 4.79 Å². The Balaban J connectivity index is 1.74. The van der Waals surface area contributed by atoms with Crippen LogP contribution in [-0.2, 0) is 11.3 Å². The molecule has 0 unspecified atom stereocenters. The molecule has 1 amide bonds. The molecular weight excluding hydrogens is 462 g/mol. The fourth-order valence-electron chi connectivity index (χ4n) is 4.16. The van der Waals surface area contributed by atoms with E-state index in [1.165, 1.54) is 0 Å². The van der Waals surface area contributed by atoms with E-state index in [1.807, 2.05) is 69.3 Å². The molecule has 0 fully saturated rings.